The van der Waals surface area contributed by atoms with Gasteiger partial charge in [-0.1, -0.05) is 6.07 Å². The van der Waals surface area contributed by atoms with Crippen molar-refractivity contribution in [3.63, 3.8) is 0 Å². The second-order valence-electron chi connectivity index (χ2n) is 5.15. The molecular formula is C15H18N2O2S. The number of hydrogen-bond acceptors (Lipinski definition) is 4. The average molecular weight is 290 g/mol. The highest BCUT2D eigenvalue weighted by atomic mass is 32.2. The van der Waals surface area contributed by atoms with E-state index < -0.39 is 0 Å². The molecule has 1 aliphatic heterocycles. The first-order valence-electron chi connectivity index (χ1n) is 6.91. The largest absolute Gasteiger partial charge is 0.464 e. The molecule has 0 N–H and O–H groups in total. The SMILES string of the molecule is COC(=O)c1cccc2nc(CC3CCCSC3)cn12. The van der Waals surface area contributed by atoms with Gasteiger partial charge in [0.15, 0.2) is 0 Å². The minimum atomic E-state index is -0.326. The molecule has 3 rings (SSSR count). The van der Waals surface area contributed by atoms with E-state index in [1.807, 2.05) is 34.5 Å². The number of fused-ring (bicyclic) bond motifs is 1. The molecule has 3 heterocycles. The van der Waals surface area contributed by atoms with Crippen LogP contribution in [-0.2, 0) is 11.2 Å². The molecule has 1 unspecified atom stereocenters. The maximum absolute atomic E-state index is 11.8. The molecule has 20 heavy (non-hydrogen) atoms. The summed E-state index contributed by atoms with van der Waals surface area (Å²) < 4.78 is 6.64. The number of thioether (sulfide) groups is 1. The minimum Gasteiger partial charge on any atom is -0.464 e. The molecule has 106 valence electrons. The standard InChI is InChI=1S/C15H18N2O2S/c1-19-15(18)13-5-2-6-14-16-12(9-17(13)14)8-11-4-3-7-20-10-11/h2,5-6,9,11H,3-4,7-8,10H2,1H3. The molecule has 4 nitrogen and oxygen atoms in total. The zero-order valence-corrected chi connectivity index (χ0v) is 12.4. The van der Waals surface area contributed by atoms with Crippen molar-refractivity contribution in [1.82, 2.24) is 9.38 Å². The number of rotatable bonds is 3. The van der Waals surface area contributed by atoms with Crippen molar-refractivity contribution < 1.29 is 9.53 Å². The summed E-state index contributed by atoms with van der Waals surface area (Å²) >= 11 is 2.03. The lowest BCUT2D eigenvalue weighted by Crippen LogP contribution is -2.13. The van der Waals surface area contributed by atoms with Gasteiger partial charge in [-0.25, -0.2) is 9.78 Å². The van der Waals surface area contributed by atoms with Gasteiger partial charge in [0.1, 0.15) is 11.3 Å². The van der Waals surface area contributed by atoms with E-state index in [0.29, 0.717) is 11.6 Å². The first kappa shape index (κ1) is 13.5. The third-order valence-corrected chi connectivity index (χ3v) is 4.97. The van der Waals surface area contributed by atoms with Crippen LogP contribution in [0, 0.1) is 5.92 Å². The zero-order chi connectivity index (χ0) is 13.9. The highest BCUT2D eigenvalue weighted by Crippen LogP contribution is 2.25. The molecule has 0 saturated carbocycles. The summed E-state index contributed by atoms with van der Waals surface area (Å²) in [5, 5.41) is 0. The highest BCUT2D eigenvalue weighted by Gasteiger charge is 2.17. The molecule has 0 amide bonds. The van der Waals surface area contributed by atoms with E-state index in [1.165, 1.54) is 31.5 Å². The molecule has 5 heteroatoms. The van der Waals surface area contributed by atoms with Crippen LogP contribution in [0.2, 0.25) is 0 Å². The van der Waals surface area contributed by atoms with E-state index in [2.05, 4.69) is 4.98 Å². The molecule has 0 radical (unpaired) electrons. The van der Waals surface area contributed by atoms with Crippen LogP contribution in [0.15, 0.2) is 24.4 Å². The number of aromatic nitrogens is 2. The molecule has 1 fully saturated rings. The Hall–Kier alpha value is -1.49. The summed E-state index contributed by atoms with van der Waals surface area (Å²) in [6.07, 6.45) is 5.55. The van der Waals surface area contributed by atoms with Crippen LogP contribution in [0.4, 0.5) is 0 Å². The fraction of sp³-hybridized carbons (Fsp3) is 0.467. The van der Waals surface area contributed by atoms with Gasteiger partial charge in [-0.3, -0.25) is 4.40 Å². The molecule has 1 aliphatic rings. The Balaban J connectivity index is 1.88. The quantitative estimate of drug-likeness (QED) is 0.815. The van der Waals surface area contributed by atoms with Gasteiger partial charge in [-0.2, -0.15) is 11.8 Å². The number of nitrogens with zero attached hydrogens (tertiary/aromatic N) is 2. The Morgan fingerprint density at radius 1 is 1.55 bits per heavy atom. The second-order valence-corrected chi connectivity index (χ2v) is 6.30. The summed E-state index contributed by atoms with van der Waals surface area (Å²) in [4.78, 5) is 16.4. The topological polar surface area (TPSA) is 43.6 Å². The predicted octanol–water partition coefficient (Wildman–Crippen LogP) is 2.81. The summed E-state index contributed by atoms with van der Waals surface area (Å²) in [6, 6.07) is 5.53. The van der Waals surface area contributed by atoms with Crippen molar-refractivity contribution in [2.45, 2.75) is 19.3 Å². The maximum Gasteiger partial charge on any atom is 0.355 e. The van der Waals surface area contributed by atoms with Crippen molar-refractivity contribution in [3.05, 3.63) is 35.8 Å². The molecule has 2 aromatic heterocycles. The number of imidazole rings is 1. The highest BCUT2D eigenvalue weighted by molar-refractivity contribution is 7.99. The van der Waals surface area contributed by atoms with E-state index in [1.54, 1.807) is 6.07 Å². The fourth-order valence-corrected chi connectivity index (χ4v) is 3.85. The molecular weight excluding hydrogens is 272 g/mol. The van der Waals surface area contributed by atoms with Crippen LogP contribution in [0.3, 0.4) is 0 Å². The molecule has 0 aliphatic carbocycles. The Kier molecular flexibility index (Phi) is 3.96. The average Bonchev–Trinajstić information content (AvgIpc) is 2.89. The van der Waals surface area contributed by atoms with Crippen molar-refractivity contribution in [2.24, 2.45) is 5.92 Å². The van der Waals surface area contributed by atoms with Gasteiger partial charge >= 0.3 is 5.97 Å². The van der Waals surface area contributed by atoms with E-state index in [9.17, 15) is 4.79 Å². The Bertz CT molecular complexity index is 617. The number of methoxy groups -OCH3 is 1. The van der Waals surface area contributed by atoms with Crippen LogP contribution in [0.1, 0.15) is 29.0 Å². The second kappa shape index (κ2) is 5.87. The van der Waals surface area contributed by atoms with Gasteiger partial charge in [0.2, 0.25) is 0 Å². The Morgan fingerprint density at radius 2 is 2.45 bits per heavy atom. The summed E-state index contributed by atoms with van der Waals surface area (Å²) in [7, 11) is 1.40. The lowest BCUT2D eigenvalue weighted by Gasteiger charge is -2.19. The van der Waals surface area contributed by atoms with Crippen molar-refractivity contribution in [2.75, 3.05) is 18.6 Å². The fourth-order valence-electron chi connectivity index (χ4n) is 2.69. The van der Waals surface area contributed by atoms with Crippen LogP contribution in [0.25, 0.3) is 5.65 Å². The van der Waals surface area contributed by atoms with Crippen molar-refractivity contribution in [3.8, 4) is 0 Å². The van der Waals surface area contributed by atoms with Gasteiger partial charge < -0.3 is 4.74 Å². The molecule has 0 bridgehead atoms. The summed E-state index contributed by atoms with van der Waals surface area (Å²) in [5.41, 5.74) is 2.40. The Labute approximate surface area is 122 Å². The van der Waals surface area contributed by atoms with E-state index in [-0.39, 0.29) is 5.97 Å². The number of carbonyl (C=O) groups excluding carboxylic acids is 1. The third kappa shape index (κ3) is 2.68. The van der Waals surface area contributed by atoms with Crippen LogP contribution < -0.4 is 0 Å². The number of esters is 1. The first-order chi connectivity index (χ1) is 9.78. The summed E-state index contributed by atoms with van der Waals surface area (Å²) in [5.74, 6) is 2.89. The van der Waals surface area contributed by atoms with Crippen LogP contribution in [-0.4, -0.2) is 34.0 Å². The number of carbonyl (C=O) groups is 1. The monoisotopic (exact) mass is 290 g/mol. The molecule has 1 saturated heterocycles. The lowest BCUT2D eigenvalue weighted by molar-refractivity contribution is 0.0592. The van der Waals surface area contributed by atoms with E-state index in [4.69, 9.17) is 4.74 Å². The smallest absolute Gasteiger partial charge is 0.355 e. The third-order valence-electron chi connectivity index (χ3n) is 3.69. The summed E-state index contributed by atoms with van der Waals surface area (Å²) in [6.45, 7) is 0. The number of ether oxygens (including phenoxy) is 1. The molecule has 0 aromatic carbocycles. The zero-order valence-electron chi connectivity index (χ0n) is 11.5. The van der Waals surface area contributed by atoms with Crippen LogP contribution in [0.5, 0.6) is 0 Å². The lowest BCUT2D eigenvalue weighted by atomic mass is 10.00. The van der Waals surface area contributed by atoms with Crippen molar-refractivity contribution >= 4 is 23.4 Å². The van der Waals surface area contributed by atoms with Crippen molar-refractivity contribution in [1.29, 1.82) is 0 Å². The van der Waals surface area contributed by atoms with Gasteiger partial charge in [0.25, 0.3) is 0 Å². The Morgan fingerprint density at radius 3 is 3.20 bits per heavy atom. The van der Waals surface area contributed by atoms with Gasteiger partial charge in [-0.05, 0) is 48.8 Å². The normalized spacial score (nSPS) is 19.1. The maximum atomic E-state index is 11.8. The first-order valence-corrected chi connectivity index (χ1v) is 8.06. The van der Waals surface area contributed by atoms with Crippen LogP contribution >= 0.6 is 11.8 Å². The molecule has 2 aromatic rings. The van der Waals surface area contributed by atoms with Gasteiger partial charge in [0, 0.05) is 6.20 Å². The minimum absolute atomic E-state index is 0.326. The predicted molar refractivity (Wildman–Crippen MR) is 80.3 cm³/mol. The molecule has 1 atom stereocenters. The number of hydrogen-bond donors (Lipinski definition) is 0. The van der Waals surface area contributed by atoms with E-state index in [0.717, 1.165) is 17.8 Å². The van der Waals surface area contributed by atoms with E-state index >= 15 is 0 Å². The van der Waals surface area contributed by atoms with Gasteiger partial charge in [-0.15, -0.1) is 0 Å². The van der Waals surface area contributed by atoms with Gasteiger partial charge in [0.05, 0.1) is 12.8 Å². The number of pyridine rings is 1. The molecule has 0 spiro atoms.